The molecule has 0 spiro atoms. The molecular weight excluding hydrogens is 295 g/mol. The van der Waals surface area contributed by atoms with Gasteiger partial charge in [0, 0.05) is 17.2 Å². The molecule has 1 heterocycles. The van der Waals surface area contributed by atoms with Gasteiger partial charge in [0.2, 0.25) is 0 Å². The molecule has 0 aliphatic rings. The molecule has 2 N–H and O–H groups in total. The van der Waals surface area contributed by atoms with Crippen molar-refractivity contribution in [2.75, 3.05) is 0 Å². The van der Waals surface area contributed by atoms with Gasteiger partial charge in [0.05, 0.1) is 5.56 Å². The van der Waals surface area contributed by atoms with Crippen LogP contribution in [-0.4, -0.2) is 27.1 Å². The van der Waals surface area contributed by atoms with Gasteiger partial charge in [-0.3, -0.25) is 0 Å². The summed E-state index contributed by atoms with van der Waals surface area (Å²) < 4.78 is 37.3. The third-order valence-electron chi connectivity index (χ3n) is 2.52. The summed E-state index contributed by atoms with van der Waals surface area (Å²) in [7, 11) is -1.82. The summed E-state index contributed by atoms with van der Waals surface area (Å²) in [6.07, 6.45) is -3.31. The van der Waals surface area contributed by atoms with Crippen LogP contribution in [0.25, 0.3) is 11.4 Å². The SMILES string of the molecule is OB(O)c1cnc(-c2ccc(C(F)(F)F)cc2)nc1Cl. The number of aromatic nitrogens is 2. The first-order valence-electron chi connectivity index (χ1n) is 5.35. The number of hydrogen-bond acceptors (Lipinski definition) is 4. The number of benzene rings is 1. The van der Waals surface area contributed by atoms with E-state index in [-0.39, 0.29) is 16.4 Å². The van der Waals surface area contributed by atoms with Crippen molar-refractivity contribution in [2.45, 2.75) is 6.18 Å². The van der Waals surface area contributed by atoms with Gasteiger partial charge in [-0.05, 0) is 12.1 Å². The number of rotatable bonds is 2. The summed E-state index contributed by atoms with van der Waals surface area (Å²) in [5, 5.41) is 17.7. The number of nitrogens with zero attached hydrogens (tertiary/aromatic N) is 2. The van der Waals surface area contributed by atoms with Crippen LogP contribution >= 0.6 is 11.6 Å². The van der Waals surface area contributed by atoms with E-state index in [0.717, 1.165) is 18.3 Å². The molecule has 0 aliphatic carbocycles. The first-order chi connectivity index (χ1) is 9.29. The van der Waals surface area contributed by atoms with Crippen molar-refractivity contribution in [2.24, 2.45) is 0 Å². The van der Waals surface area contributed by atoms with Gasteiger partial charge in [-0.25, -0.2) is 9.97 Å². The lowest BCUT2D eigenvalue weighted by atomic mass is 9.83. The molecule has 0 aliphatic heterocycles. The summed E-state index contributed by atoms with van der Waals surface area (Å²) in [5.41, 5.74) is -0.532. The second-order valence-electron chi connectivity index (χ2n) is 3.89. The van der Waals surface area contributed by atoms with E-state index in [1.165, 1.54) is 12.1 Å². The van der Waals surface area contributed by atoms with Crippen LogP contribution < -0.4 is 5.46 Å². The maximum Gasteiger partial charge on any atom is 0.493 e. The Balaban J connectivity index is 2.35. The van der Waals surface area contributed by atoms with Crippen molar-refractivity contribution >= 4 is 24.2 Å². The third kappa shape index (κ3) is 3.09. The minimum atomic E-state index is -4.41. The second-order valence-corrected chi connectivity index (χ2v) is 4.25. The number of hydrogen-bond donors (Lipinski definition) is 2. The van der Waals surface area contributed by atoms with Crippen LogP contribution in [0.5, 0.6) is 0 Å². The predicted molar refractivity (Wildman–Crippen MR) is 67.3 cm³/mol. The topological polar surface area (TPSA) is 66.2 Å². The third-order valence-corrected chi connectivity index (χ3v) is 2.82. The number of alkyl halides is 3. The fourth-order valence-corrected chi connectivity index (χ4v) is 1.72. The summed E-state index contributed by atoms with van der Waals surface area (Å²) in [6, 6.07) is 4.23. The maximum absolute atomic E-state index is 12.4. The van der Waals surface area contributed by atoms with Crippen molar-refractivity contribution in [1.29, 1.82) is 0 Å². The molecule has 0 saturated carbocycles. The van der Waals surface area contributed by atoms with E-state index in [1.807, 2.05) is 0 Å². The first-order valence-corrected chi connectivity index (χ1v) is 5.73. The van der Waals surface area contributed by atoms with Gasteiger partial charge in [0.1, 0.15) is 5.15 Å². The predicted octanol–water partition coefficient (Wildman–Crippen LogP) is 1.50. The minimum Gasteiger partial charge on any atom is -0.423 e. The summed E-state index contributed by atoms with van der Waals surface area (Å²) in [6.45, 7) is 0. The number of halogens is 4. The average Bonchev–Trinajstić information content (AvgIpc) is 2.37. The average molecular weight is 302 g/mol. The van der Waals surface area contributed by atoms with Crippen molar-refractivity contribution in [3.05, 3.63) is 41.2 Å². The van der Waals surface area contributed by atoms with Crippen LogP contribution in [0.15, 0.2) is 30.5 Å². The van der Waals surface area contributed by atoms with E-state index in [2.05, 4.69) is 9.97 Å². The lowest BCUT2D eigenvalue weighted by Gasteiger charge is -2.08. The Morgan fingerprint density at radius 3 is 2.15 bits per heavy atom. The lowest BCUT2D eigenvalue weighted by Crippen LogP contribution is -2.32. The molecule has 0 radical (unpaired) electrons. The highest BCUT2D eigenvalue weighted by Gasteiger charge is 2.30. The molecule has 2 rings (SSSR count). The van der Waals surface area contributed by atoms with E-state index in [9.17, 15) is 13.2 Å². The van der Waals surface area contributed by atoms with Crippen molar-refractivity contribution < 1.29 is 23.2 Å². The van der Waals surface area contributed by atoms with E-state index in [0.29, 0.717) is 5.56 Å². The fraction of sp³-hybridized carbons (Fsp3) is 0.0909. The van der Waals surface area contributed by atoms with E-state index < -0.39 is 18.9 Å². The Morgan fingerprint density at radius 1 is 1.10 bits per heavy atom. The molecule has 0 fully saturated rings. The largest absolute Gasteiger partial charge is 0.493 e. The monoisotopic (exact) mass is 302 g/mol. The summed E-state index contributed by atoms with van der Waals surface area (Å²) >= 11 is 5.73. The van der Waals surface area contributed by atoms with Gasteiger partial charge in [-0.15, -0.1) is 0 Å². The van der Waals surface area contributed by atoms with Crippen LogP contribution in [0.3, 0.4) is 0 Å². The van der Waals surface area contributed by atoms with E-state index in [4.69, 9.17) is 21.6 Å². The standard InChI is InChI=1S/C11H7BClF3N2O2/c13-9-8(12(19)20)5-17-10(18-9)6-1-3-7(4-2-6)11(14,15)16/h1-5,19-20H. The van der Waals surface area contributed by atoms with Crippen LogP contribution in [0.2, 0.25) is 5.15 Å². The van der Waals surface area contributed by atoms with Crippen molar-refractivity contribution in [1.82, 2.24) is 9.97 Å². The minimum absolute atomic E-state index is 0.0812. The molecule has 0 atom stereocenters. The molecule has 2 aromatic rings. The molecule has 1 aromatic heterocycles. The Hall–Kier alpha value is -1.64. The van der Waals surface area contributed by atoms with Gasteiger partial charge < -0.3 is 10.0 Å². The zero-order chi connectivity index (χ0) is 14.9. The molecule has 20 heavy (non-hydrogen) atoms. The molecule has 104 valence electrons. The highest BCUT2D eigenvalue weighted by molar-refractivity contribution is 6.62. The van der Waals surface area contributed by atoms with Gasteiger partial charge in [-0.1, -0.05) is 23.7 Å². The Kier molecular flexibility index (Phi) is 3.98. The fourth-order valence-electron chi connectivity index (χ4n) is 1.49. The summed E-state index contributed by atoms with van der Waals surface area (Å²) in [5.74, 6) is 0.0909. The Morgan fingerprint density at radius 2 is 1.70 bits per heavy atom. The van der Waals surface area contributed by atoms with Crippen LogP contribution in [0, 0.1) is 0 Å². The highest BCUT2D eigenvalue weighted by atomic mass is 35.5. The smallest absolute Gasteiger partial charge is 0.423 e. The lowest BCUT2D eigenvalue weighted by molar-refractivity contribution is -0.137. The molecule has 1 aromatic carbocycles. The quantitative estimate of drug-likeness (QED) is 0.652. The van der Waals surface area contributed by atoms with Gasteiger partial charge in [0.15, 0.2) is 5.82 Å². The summed E-state index contributed by atoms with van der Waals surface area (Å²) in [4.78, 5) is 7.64. The van der Waals surface area contributed by atoms with Gasteiger partial charge >= 0.3 is 13.3 Å². The van der Waals surface area contributed by atoms with Crippen molar-refractivity contribution in [3.8, 4) is 11.4 Å². The zero-order valence-electron chi connectivity index (χ0n) is 9.76. The first kappa shape index (κ1) is 14.8. The molecule has 9 heteroatoms. The normalized spacial score (nSPS) is 11.5. The highest BCUT2D eigenvalue weighted by Crippen LogP contribution is 2.30. The zero-order valence-corrected chi connectivity index (χ0v) is 10.5. The van der Waals surface area contributed by atoms with Crippen LogP contribution in [-0.2, 0) is 6.18 Å². The Labute approximate surface area is 117 Å². The molecule has 0 unspecified atom stereocenters. The molecule has 4 nitrogen and oxygen atoms in total. The Bertz CT molecular complexity index is 620. The molecule has 0 bridgehead atoms. The molecular formula is C11H7BClF3N2O2. The van der Waals surface area contributed by atoms with Crippen LogP contribution in [0.1, 0.15) is 5.56 Å². The van der Waals surface area contributed by atoms with E-state index >= 15 is 0 Å². The van der Waals surface area contributed by atoms with Gasteiger partial charge in [-0.2, -0.15) is 13.2 Å². The maximum atomic E-state index is 12.4. The van der Waals surface area contributed by atoms with Gasteiger partial charge in [0.25, 0.3) is 0 Å². The molecule has 0 saturated heterocycles. The van der Waals surface area contributed by atoms with Crippen molar-refractivity contribution in [3.63, 3.8) is 0 Å². The second kappa shape index (κ2) is 5.39. The van der Waals surface area contributed by atoms with Crippen LogP contribution in [0.4, 0.5) is 13.2 Å². The molecule has 0 amide bonds. The van der Waals surface area contributed by atoms with E-state index in [1.54, 1.807) is 0 Å².